The third-order valence-corrected chi connectivity index (χ3v) is 5.24. The van der Waals surface area contributed by atoms with E-state index < -0.39 is 0 Å². The van der Waals surface area contributed by atoms with Crippen LogP contribution >= 0.6 is 12.4 Å². The van der Waals surface area contributed by atoms with Crippen LogP contribution in [0, 0.1) is 5.92 Å². The molecular weight excluding hydrogens is 286 g/mol. The molecule has 1 saturated carbocycles. The lowest BCUT2D eigenvalue weighted by molar-refractivity contribution is -0.134. The van der Waals surface area contributed by atoms with Crippen molar-refractivity contribution in [3.05, 3.63) is 0 Å². The van der Waals surface area contributed by atoms with Crippen molar-refractivity contribution in [3.8, 4) is 0 Å². The van der Waals surface area contributed by atoms with Crippen molar-refractivity contribution in [2.24, 2.45) is 5.92 Å². The van der Waals surface area contributed by atoms with Gasteiger partial charge in [0, 0.05) is 19.1 Å². The van der Waals surface area contributed by atoms with Crippen LogP contribution in [0.4, 0.5) is 0 Å². The lowest BCUT2D eigenvalue weighted by Crippen LogP contribution is -2.48. The zero-order valence-electron chi connectivity index (χ0n) is 13.8. The maximum atomic E-state index is 12.4. The Morgan fingerprint density at radius 2 is 1.57 bits per heavy atom. The van der Waals surface area contributed by atoms with Gasteiger partial charge in [-0.2, -0.15) is 0 Å². The van der Waals surface area contributed by atoms with Gasteiger partial charge in [0.15, 0.2) is 0 Å². The normalized spacial score (nSPS) is 27.2. The van der Waals surface area contributed by atoms with E-state index in [9.17, 15) is 4.79 Å². The van der Waals surface area contributed by atoms with Crippen LogP contribution in [0.15, 0.2) is 0 Å². The Hall–Kier alpha value is -0.320. The summed E-state index contributed by atoms with van der Waals surface area (Å²) >= 11 is 0. The first-order valence-electron chi connectivity index (χ1n) is 8.24. The van der Waals surface area contributed by atoms with Crippen molar-refractivity contribution < 1.29 is 4.79 Å². The Morgan fingerprint density at radius 1 is 1.00 bits per heavy atom. The molecule has 0 spiro atoms. The molecule has 0 radical (unpaired) electrons. The minimum absolute atomic E-state index is 0. The molecule has 0 aromatic heterocycles. The molecule has 0 aromatic carbocycles. The topological polar surface area (TPSA) is 35.6 Å². The van der Waals surface area contributed by atoms with Gasteiger partial charge in [-0.25, -0.2) is 0 Å². The highest BCUT2D eigenvalue weighted by atomic mass is 35.5. The summed E-state index contributed by atoms with van der Waals surface area (Å²) in [7, 11) is 4.10. The summed E-state index contributed by atoms with van der Waals surface area (Å²) in [5, 5.41) is 3.38. The van der Waals surface area contributed by atoms with Gasteiger partial charge in [0.1, 0.15) is 0 Å². The summed E-state index contributed by atoms with van der Waals surface area (Å²) < 4.78 is 0. The van der Waals surface area contributed by atoms with E-state index in [0.717, 1.165) is 31.8 Å². The van der Waals surface area contributed by atoms with Crippen LogP contribution in [-0.4, -0.2) is 61.5 Å². The summed E-state index contributed by atoms with van der Waals surface area (Å²) in [6.07, 6.45) is 7.22. The average Bonchev–Trinajstić information content (AvgIpc) is 2.48. The van der Waals surface area contributed by atoms with Crippen LogP contribution in [0.3, 0.4) is 0 Å². The molecule has 2 aliphatic rings. The van der Waals surface area contributed by atoms with Crippen molar-refractivity contribution in [2.75, 3.05) is 33.7 Å². The molecule has 0 unspecified atom stereocenters. The second-order valence-electron chi connectivity index (χ2n) is 6.81. The summed E-state index contributed by atoms with van der Waals surface area (Å²) in [4.78, 5) is 16.7. The molecule has 4 nitrogen and oxygen atoms in total. The third kappa shape index (κ3) is 5.42. The van der Waals surface area contributed by atoms with Gasteiger partial charge in [-0.1, -0.05) is 6.92 Å². The van der Waals surface area contributed by atoms with Gasteiger partial charge >= 0.3 is 0 Å². The maximum absolute atomic E-state index is 12.4. The zero-order valence-corrected chi connectivity index (χ0v) is 14.6. The molecule has 1 N–H and O–H groups in total. The number of nitrogens with one attached hydrogen (secondary N) is 1. The monoisotopic (exact) mass is 317 g/mol. The predicted octanol–water partition coefficient (Wildman–Crippen LogP) is 2.13. The number of hydrogen-bond donors (Lipinski definition) is 1. The molecule has 1 aliphatic carbocycles. The van der Waals surface area contributed by atoms with E-state index in [0.29, 0.717) is 24.5 Å². The molecule has 1 aliphatic heterocycles. The Bertz CT molecular complexity index is 313. The second-order valence-corrected chi connectivity index (χ2v) is 6.81. The van der Waals surface area contributed by atoms with Gasteiger partial charge in [-0.15, -0.1) is 12.4 Å². The van der Waals surface area contributed by atoms with Crippen LogP contribution in [0.2, 0.25) is 0 Å². The number of rotatable bonds is 4. The predicted molar refractivity (Wildman–Crippen MR) is 90.0 cm³/mol. The second kappa shape index (κ2) is 8.96. The van der Waals surface area contributed by atoms with E-state index in [4.69, 9.17) is 0 Å². The maximum Gasteiger partial charge on any atom is 0.236 e. The van der Waals surface area contributed by atoms with Gasteiger partial charge < -0.3 is 10.2 Å². The van der Waals surface area contributed by atoms with Crippen molar-refractivity contribution in [3.63, 3.8) is 0 Å². The molecule has 0 bridgehead atoms. The number of carbonyl (C=O) groups excluding carboxylic acids is 1. The van der Waals surface area contributed by atoms with Crippen molar-refractivity contribution in [2.45, 2.75) is 57.5 Å². The van der Waals surface area contributed by atoms with Gasteiger partial charge in [0.05, 0.1) is 6.54 Å². The Labute approximate surface area is 136 Å². The average molecular weight is 318 g/mol. The smallest absolute Gasteiger partial charge is 0.236 e. The van der Waals surface area contributed by atoms with E-state index in [1.165, 1.54) is 25.7 Å². The fraction of sp³-hybridized carbons (Fsp3) is 0.938. The third-order valence-electron chi connectivity index (χ3n) is 5.24. The highest BCUT2D eigenvalue weighted by Gasteiger charge is 2.26. The molecule has 0 aromatic rings. The van der Waals surface area contributed by atoms with Gasteiger partial charge in [0.2, 0.25) is 5.91 Å². The molecule has 1 amide bonds. The quantitative estimate of drug-likeness (QED) is 0.863. The van der Waals surface area contributed by atoms with Crippen molar-refractivity contribution >= 4 is 18.3 Å². The first-order chi connectivity index (χ1) is 9.58. The number of carbonyl (C=O) groups is 1. The minimum atomic E-state index is 0. The van der Waals surface area contributed by atoms with Gasteiger partial charge in [-0.3, -0.25) is 9.69 Å². The molecule has 1 saturated heterocycles. The van der Waals surface area contributed by atoms with E-state index in [2.05, 4.69) is 24.2 Å². The van der Waals surface area contributed by atoms with Crippen LogP contribution in [0.25, 0.3) is 0 Å². The van der Waals surface area contributed by atoms with E-state index in [-0.39, 0.29) is 12.4 Å². The first-order valence-corrected chi connectivity index (χ1v) is 8.24. The number of nitrogens with zero attached hydrogens (tertiary/aromatic N) is 2. The molecule has 2 rings (SSSR count). The molecule has 21 heavy (non-hydrogen) atoms. The van der Waals surface area contributed by atoms with Crippen molar-refractivity contribution in [1.82, 2.24) is 15.1 Å². The summed E-state index contributed by atoms with van der Waals surface area (Å²) in [6, 6.07) is 1.04. The molecule has 2 fully saturated rings. The highest BCUT2D eigenvalue weighted by molar-refractivity contribution is 5.85. The number of likely N-dealkylation sites (N-methyl/N-ethyl adjacent to an activating group) is 2. The number of halogens is 1. The molecule has 1 heterocycles. The number of piperidine rings is 1. The van der Waals surface area contributed by atoms with E-state index in [1.807, 2.05) is 11.9 Å². The summed E-state index contributed by atoms with van der Waals surface area (Å²) in [6.45, 7) is 5.06. The Kier molecular flexibility index (Phi) is 7.99. The van der Waals surface area contributed by atoms with Crippen LogP contribution in [0.5, 0.6) is 0 Å². The number of amides is 1. The summed E-state index contributed by atoms with van der Waals surface area (Å²) in [5.74, 6) is 1.14. The first kappa shape index (κ1) is 18.7. The lowest BCUT2D eigenvalue weighted by Gasteiger charge is -2.36. The number of hydrogen-bond acceptors (Lipinski definition) is 3. The zero-order chi connectivity index (χ0) is 14.5. The Balaban J connectivity index is 0.00000220. The SMILES string of the molecule is CC1CCC(N(C)C(=O)CN(C)C2CCNCC2)CC1.Cl. The van der Waals surface area contributed by atoms with Crippen LogP contribution < -0.4 is 5.32 Å². The van der Waals surface area contributed by atoms with E-state index in [1.54, 1.807) is 0 Å². The van der Waals surface area contributed by atoms with Crippen LogP contribution in [-0.2, 0) is 4.79 Å². The molecular formula is C16H32ClN3O. The van der Waals surface area contributed by atoms with Crippen LogP contribution in [0.1, 0.15) is 45.4 Å². The fourth-order valence-corrected chi connectivity index (χ4v) is 3.53. The Morgan fingerprint density at radius 3 is 2.14 bits per heavy atom. The lowest BCUT2D eigenvalue weighted by atomic mass is 9.87. The largest absolute Gasteiger partial charge is 0.342 e. The molecule has 124 valence electrons. The highest BCUT2D eigenvalue weighted by Crippen LogP contribution is 2.26. The summed E-state index contributed by atoms with van der Waals surface area (Å²) in [5.41, 5.74) is 0. The molecule has 5 heteroatoms. The standard InChI is InChI=1S/C16H31N3O.ClH/c1-13-4-6-15(7-5-13)19(3)16(20)12-18(2)14-8-10-17-11-9-14;/h13-15,17H,4-12H2,1-3H3;1H. The minimum Gasteiger partial charge on any atom is -0.342 e. The van der Waals surface area contributed by atoms with Gasteiger partial charge in [-0.05, 0) is 64.6 Å². The van der Waals surface area contributed by atoms with Gasteiger partial charge in [0.25, 0.3) is 0 Å². The van der Waals surface area contributed by atoms with Crippen molar-refractivity contribution in [1.29, 1.82) is 0 Å². The molecule has 0 atom stereocenters. The fourth-order valence-electron chi connectivity index (χ4n) is 3.53. The van der Waals surface area contributed by atoms with E-state index >= 15 is 0 Å².